The van der Waals surface area contributed by atoms with Crippen molar-refractivity contribution in [3.8, 4) is 5.75 Å². The SMILES string of the molecule is CCOc1ccc(C(=O)Nc2ccccc2Br)cc1N. The number of rotatable bonds is 4. The second kappa shape index (κ2) is 6.43. The van der Waals surface area contributed by atoms with Crippen molar-refractivity contribution in [3.63, 3.8) is 0 Å². The largest absolute Gasteiger partial charge is 0.492 e. The molecule has 2 aromatic carbocycles. The van der Waals surface area contributed by atoms with Gasteiger partial charge in [-0.05, 0) is 53.2 Å². The zero-order valence-electron chi connectivity index (χ0n) is 11.0. The number of ether oxygens (including phenoxy) is 1. The minimum Gasteiger partial charge on any atom is -0.492 e. The van der Waals surface area contributed by atoms with Crippen LogP contribution in [0.15, 0.2) is 46.9 Å². The highest BCUT2D eigenvalue weighted by atomic mass is 79.9. The van der Waals surface area contributed by atoms with Crippen LogP contribution < -0.4 is 15.8 Å². The molecule has 20 heavy (non-hydrogen) atoms. The Morgan fingerprint density at radius 3 is 2.70 bits per heavy atom. The van der Waals surface area contributed by atoms with E-state index in [0.717, 1.165) is 4.47 Å². The number of para-hydroxylation sites is 1. The van der Waals surface area contributed by atoms with Crippen LogP contribution in [0.1, 0.15) is 17.3 Å². The first-order chi connectivity index (χ1) is 9.61. The maximum Gasteiger partial charge on any atom is 0.255 e. The van der Waals surface area contributed by atoms with Gasteiger partial charge in [0.1, 0.15) is 5.75 Å². The number of nitrogens with two attached hydrogens (primary N) is 1. The smallest absolute Gasteiger partial charge is 0.255 e. The van der Waals surface area contributed by atoms with Crippen LogP contribution in [0.3, 0.4) is 0 Å². The molecule has 104 valence electrons. The predicted molar refractivity (Wildman–Crippen MR) is 84.1 cm³/mol. The number of nitrogens with one attached hydrogen (secondary N) is 1. The summed E-state index contributed by atoms with van der Waals surface area (Å²) in [6.45, 7) is 2.42. The monoisotopic (exact) mass is 334 g/mol. The van der Waals surface area contributed by atoms with Crippen LogP contribution >= 0.6 is 15.9 Å². The molecule has 0 saturated heterocycles. The molecule has 2 rings (SSSR count). The second-order valence-electron chi connectivity index (χ2n) is 4.12. The van der Waals surface area contributed by atoms with Crippen LogP contribution in [0, 0.1) is 0 Å². The summed E-state index contributed by atoms with van der Waals surface area (Å²) in [5.41, 5.74) is 7.51. The van der Waals surface area contributed by atoms with Crippen LogP contribution in [0.25, 0.3) is 0 Å². The van der Waals surface area contributed by atoms with Crippen LogP contribution in [0.5, 0.6) is 5.75 Å². The molecule has 2 aromatic rings. The van der Waals surface area contributed by atoms with Crippen molar-refractivity contribution in [1.82, 2.24) is 0 Å². The fourth-order valence-electron chi connectivity index (χ4n) is 1.73. The number of halogens is 1. The summed E-state index contributed by atoms with van der Waals surface area (Å²) in [6.07, 6.45) is 0. The molecule has 0 radical (unpaired) electrons. The Bertz CT molecular complexity index is 629. The molecule has 0 aliphatic heterocycles. The van der Waals surface area contributed by atoms with E-state index < -0.39 is 0 Å². The number of amides is 1. The lowest BCUT2D eigenvalue weighted by atomic mass is 10.1. The highest BCUT2D eigenvalue weighted by molar-refractivity contribution is 9.10. The topological polar surface area (TPSA) is 64.3 Å². The number of benzene rings is 2. The van der Waals surface area contributed by atoms with E-state index in [9.17, 15) is 4.79 Å². The van der Waals surface area contributed by atoms with Gasteiger partial charge in [0.05, 0.1) is 18.0 Å². The summed E-state index contributed by atoms with van der Waals surface area (Å²) in [5.74, 6) is 0.372. The van der Waals surface area contributed by atoms with E-state index in [0.29, 0.717) is 29.3 Å². The maximum atomic E-state index is 12.2. The molecule has 1 amide bonds. The third-order valence-electron chi connectivity index (χ3n) is 2.69. The normalized spacial score (nSPS) is 10.1. The average Bonchev–Trinajstić information content (AvgIpc) is 2.43. The minimum atomic E-state index is -0.216. The number of carbonyl (C=O) groups is 1. The van der Waals surface area contributed by atoms with Crippen LogP contribution in [-0.4, -0.2) is 12.5 Å². The summed E-state index contributed by atoms with van der Waals surface area (Å²) < 4.78 is 6.17. The molecule has 0 heterocycles. The second-order valence-corrected chi connectivity index (χ2v) is 4.97. The molecule has 0 saturated carbocycles. The third kappa shape index (κ3) is 3.30. The van der Waals surface area contributed by atoms with Gasteiger partial charge in [-0.3, -0.25) is 4.79 Å². The van der Waals surface area contributed by atoms with Gasteiger partial charge >= 0.3 is 0 Å². The highest BCUT2D eigenvalue weighted by Gasteiger charge is 2.10. The Labute approximate surface area is 126 Å². The molecule has 5 heteroatoms. The fraction of sp³-hybridized carbons (Fsp3) is 0.133. The standard InChI is InChI=1S/C15H15BrN2O2/c1-2-20-14-8-7-10(9-12(14)17)15(19)18-13-6-4-3-5-11(13)16/h3-9H,2,17H2,1H3,(H,18,19). The first-order valence-electron chi connectivity index (χ1n) is 6.20. The molecule has 0 unspecified atom stereocenters. The van der Waals surface area contributed by atoms with Gasteiger partial charge in [0.2, 0.25) is 0 Å². The Balaban J connectivity index is 2.18. The van der Waals surface area contributed by atoms with Gasteiger partial charge in [-0.25, -0.2) is 0 Å². The van der Waals surface area contributed by atoms with E-state index >= 15 is 0 Å². The summed E-state index contributed by atoms with van der Waals surface area (Å²) in [6, 6.07) is 12.4. The molecule has 0 spiro atoms. The minimum absolute atomic E-state index is 0.216. The van der Waals surface area contributed by atoms with E-state index in [4.69, 9.17) is 10.5 Å². The van der Waals surface area contributed by atoms with Crippen LogP contribution in [0.2, 0.25) is 0 Å². The lowest BCUT2D eigenvalue weighted by Gasteiger charge is -2.10. The van der Waals surface area contributed by atoms with Crippen molar-refractivity contribution in [2.45, 2.75) is 6.92 Å². The van der Waals surface area contributed by atoms with Crippen LogP contribution in [-0.2, 0) is 0 Å². The number of nitrogen functional groups attached to an aromatic ring is 1. The van der Waals surface area contributed by atoms with Crippen molar-refractivity contribution in [3.05, 3.63) is 52.5 Å². The molecule has 0 aliphatic carbocycles. The lowest BCUT2D eigenvalue weighted by molar-refractivity contribution is 0.102. The molecular weight excluding hydrogens is 320 g/mol. The van der Waals surface area contributed by atoms with Gasteiger partial charge < -0.3 is 15.8 Å². The first-order valence-corrected chi connectivity index (χ1v) is 6.99. The molecule has 4 nitrogen and oxygen atoms in total. The summed E-state index contributed by atoms with van der Waals surface area (Å²) >= 11 is 3.38. The molecule has 0 aromatic heterocycles. The zero-order chi connectivity index (χ0) is 14.5. The summed E-state index contributed by atoms with van der Waals surface area (Å²) in [5, 5.41) is 2.82. The van der Waals surface area contributed by atoms with Gasteiger partial charge in [-0.15, -0.1) is 0 Å². The molecule has 3 N–H and O–H groups in total. The van der Waals surface area contributed by atoms with Crippen LogP contribution in [0.4, 0.5) is 11.4 Å². The predicted octanol–water partition coefficient (Wildman–Crippen LogP) is 3.68. The van der Waals surface area contributed by atoms with E-state index in [2.05, 4.69) is 21.2 Å². The van der Waals surface area contributed by atoms with Gasteiger partial charge in [-0.2, -0.15) is 0 Å². The number of hydrogen-bond acceptors (Lipinski definition) is 3. The molecule has 0 bridgehead atoms. The number of hydrogen-bond donors (Lipinski definition) is 2. The molecule has 0 fully saturated rings. The van der Waals surface area contributed by atoms with Gasteiger partial charge in [0.15, 0.2) is 0 Å². The van der Waals surface area contributed by atoms with E-state index in [1.54, 1.807) is 18.2 Å². The van der Waals surface area contributed by atoms with Gasteiger partial charge in [0.25, 0.3) is 5.91 Å². The van der Waals surface area contributed by atoms with Crippen molar-refractivity contribution >= 4 is 33.2 Å². The number of anilines is 2. The quantitative estimate of drug-likeness (QED) is 0.838. The lowest BCUT2D eigenvalue weighted by Crippen LogP contribution is -2.12. The van der Waals surface area contributed by atoms with Crippen molar-refractivity contribution in [2.75, 3.05) is 17.7 Å². The molecule has 0 aliphatic rings. The summed E-state index contributed by atoms with van der Waals surface area (Å²) in [4.78, 5) is 12.2. The molecule has 0 atom stereocenters. The zero-order valence-corrected chi connectivity index (χ0v) is 12.6. The van der Waals surface area contributed by atoms with Crippen molar-refractivity contribution < 1.29 is 9.53 Å². The van der Waals surface area contributed by atoms with Gasteiger partial charge in [-0.1, -0.05) is 12.1 Å². The Morgan fingerprint density at radius 2 is 2.05 bits per heavy atom. The van der Waals surface area contributed by atoms with Crippen molar-refractivity contribution in [1.29, 1.82) is 0 Å². The maximum absolute atomic E-state index is 12.2. The van der Waals surface area contributed by atoms with E-state index in [-0.39, 0.29) is 5.91 Å². The third-order valence-corrected chi connectivity index (χ3v) is 3.39. The first kappa shape index (κ1) is 14.4. The van der Waals surface area contributed by atoms with E-state index in [1.165, 1.54) is 0 Å². The Hall–Kier alpha value is -2.01. The number of carbonyl (C=O) groups excluding carboxylic acids is 1. The summed E-state index contributed by atoms with van der Waals surface area (Å²) in [7, 11) is 0. The van der Waals surface area contributed by atoms with Crippen molar-refractivity contribution in [2.24, 2.45) is 0 Å². The molecular formula is C15H15BrN2O2. The Kier molecular flexibility index (Phi) is 4.63. The fourth-order valence-corrected chi connectivity index (χ4v) is 2.12. The van der Waals surface area contributed by atoms with E-state index in [1.807, 2.05) is 31.2 Å². The highest BCUT2D eigenvalue weighted by Crippen LogP contribution is 2.25. The average molecular weight is 335 g/mol. The Morgan fingerprint density at radius 1 is 1.30 bits per heavy atom. The van der Waals surface area contributed by atoms with Gasteiger partial charge in [0, 0.05) is 10.0 Å².